The number of aromatic amines is 1. The molecule has 1 aromatic heterocycles. The molecule has 136 valence electrons. The van der Waals surface area contributed by atoms with Crippen LogP contribution in [0.15, 0.2) is 24.7 Å². The van der Waals surface area contributed by atoms with Gasteiger partial charge >= 0.3 is 6.09 Å². The van der Waals surface area contributed by atoms with Crippen LogP contribution in [0, 0.1) is 13.8 Å². The number of carbonyl (C=O) groups is 3. The van der Waals surface area contributed by atoms with Crippen LogP contribution < -0.4 is 10.2 Å². The lowest BCUT2D eigenvalue weighted by atomic mass is 9.96. The Kier molecular flexibility index (Phi) is 4.75. The van der Waals surface area contributed by atoms with Gasteiger partial charge in [-0.3, -0.25) is 14.5 Å². The third-order valence-electron chi connectivity index (χ3n) is 4.25. The maximum absolute atomic E-state index is 12.6. The number of ketones is 1. The molecule has 1 aromatic carbocycles. The zero-order valence-corrected chi connectivity index (χ0v) is 14.8. The molecule has 0 aliphatic carbocycles. The number of benzene rings is 1. The van der Waals surface area contributed by atoms with Crippen molar-refractivity contribution in [1.29, 1.82) is 0 Å². The number of aromatic nitrogens is 2. The highest BCUT2D eigenvalue weighted by Crippen LogP contribution is 2.28. The average Bonchev–Trinajstić information content (AvgIpc) is 3.21. The Morgan fingerprint density at radius 2 is 2.04 bits per heavy atom. The van der Waals surface area contributed by atoms with Gasteiger partial charge < -0.3 is 15.0 Å². The monoisotopic (exact) mass is 356 g/mol. The van der Waals surface area contributed by atoms with Crippen molar-refractivity contribution in [2.24, 2.45) is 0 Å². The summed E-state index contributed by atoms with van der Waals surface area (Å²) >= 11 is 0. The van der Waals surface area contributed by atoms with Gasteiger partial charge in [0.1, 0.15) is 11.8 Å². The number of aryl methyl sites for hydroxylation is 2. The summed E-state index contributed by atoms with van der Waals surface area (Å²) in [4.78, 5) is 44.0. The van der Waals surface area contributed by atoms with E-state index < -0.39 is 12.2 Å². The van der Waals surface area contributed by atoms with E-state index in [1.165, 1.54) is 24.3 Å². The van der Waals surface area contributed by atoms with Crippen LogP contribution in [0.3, 0.4) is 0 Å². The van der Waals surface area contributed by atoms with Crippen molar-refractivity contribution in [2.75, 3.05) is 18.0 Å². The zero-order chi connectivity index (χ0) is 18.8. The second-order valence-electron chi connectivity index (χ2n) is 6.30. The van der Waals surface area contributed by atoms with E-state index in [9.17, 15) is 14.4 Å². The number of anilines is 1. The summed E-state index contributed by atoms with van der Waals surface area (Å²) in [5.41, 5.74) is 3.19. The van der Waals surface area contributed by atoms with Crippen LogP contribution in [0.25, 0.3) is 0 Å². The molecule has 2 aromatic rings. The number of amides is 2. The molecule has 1 aliphatic rings. The van der Waals surface area contributed by atoms with Crippen molar-refractivity contribution in [3.8, 4) is 0 Å². The van der Waals surface area contributed by atoms with E-state index in [0.717, 1.165) is 11.1 Å². The Hall–Kier alpha value is -3.16. The zero-order valence-electron chi connectivity index (χ0n) is 14.8. The first kappa shape index (κ1) is 17.7. The maximum atomic E-state index is 12.6. The minimum absolute atomic E-state index is 0.142. The predicted molar refractivity (Wildman–Crippen MR) is 94.2 cm³/mol. The lowest BCUT2D eigenvalue weighted by Crippen LogP contribution is -2.33. The van der Waals surface area contributed by atoms with Crippen LogP contribution in [0.5, 0.6) is 0 Å². The Labute approximate surface area is 150 Å². The molecule has 8 heteroatoms. The standard InChI is InChI=1S/C18H20N4O4/c1-10-4-13(22-8-14(26-18(22)25)6-20-12(3)23)5-11(2)16(10)17(24)15-7-19-9-21-15/h4-5,7,9,14H,6,8H2,1-3H3,(H,19,21)(H,20,23). The topological polar surface area (TPSA) is 104 Å². The Morgan fingerprint density at radius 1 is 1.35 bits per heavy atom. The van der Waals surface area contributed by atoms with Crippen LogP contribution >= 0.6 is 0 Å². The molecule has 0 spiro atoms. The Bertz CT molecular complexity index is 837. The highest BCUT2D eigenvalue weighted by Gasteiger charge is 2.33. The van der Waals surface area contributed by atoms with Crippen LogP contribution in [0.4, 0.5) is 10.5 Å². The summed E-state index contributed by atoms with van der Waals surface area (Å²) in [7, 11) is 0. The Balaban J connectivity index is 1.83. The molecule has 1 saturated heterocycles. The molecule has 2 amide bonds. The van der Waals surface area contributed by atoms with E-state index in [4.69, 9.17) is 4.74 Å². The largest absolute Gasteiger partial charge is 0.442 e. The van der Waals surface area contributed by atoms with Crippen LogP contribution in [-0.4, -0.2) is 46.9 Å². The first-order chi connectivity index (χ1) is 12.4. The van der Waals surface area contributed by atoms with E-state index in [-0.39, 0.29) is 18.2 Å². The summed E-state index contributed by atoms with van der Waals surface area (Å²) in [5.74, 6) is -0.315. The van der Waals surface area contributed by atoms with Crippen molar-refractivity contribution in [1.82, 2.24) is 15.3 Å². The summed E-state index contributed by atoms with van der Waals surface area (Å²) in [6, 6.07) is 3.58. The predicted octanol–water partition coefficient (Wildman–Crippen LogP) is 1.72. The van der Waals surface area contributed by atoms with Gasteiger partial charge in [-0.25, -0.2) is 9.78 Å². The minimum atomic E-state index is -0.466. The lowest BCUT2D eigenvalue weighted by molar-refractivity contribution is -0.119. The summed E-state index contributed by atoms with van der Waals surface area (Å²) in [5, 5.41) is 2.65. The van der Waals surface area contributed by atoms with Gasteiger partial charge in [-0.05, 0) is 37.1 Å². The molecular weight excluding hydrogens is 336 g/mol. The number of hydrogen-bond acceptors (Lipinski definition) is 5. The van der Waals surface area contributed by atoms with Crippen molar-refractivity contribution >= 4 is 23.5 Å². The molecule has 2 heterocycles. The quantitative estimate of drug-likeness (QED) is 0.794. The molecule has 1 fully saturated rings. The minimum Gasteiger partial charge on any atom is -0.442 e. The molecule has 1 aliphatic heterocycles. The number of nitrogens with zero attached hydrogens (tertiary/aromatic N) is 2. The second kappa shape index (κ2) is 6.99. The average molecular weight is 356 g/mol. The molecule has 2 N–H and O–H groups in total. The number of imidazole rings is 1. The fraction of sp³-hybridized carbons (Fsp3) is 0.333. The number of nitrogens with one attached hydrogen (secondary N) is 2. The number of rotatable bonds is 5. The normalized spacial score (nSPS) is 16.5. The van der Waals surface area contributed by atoms with Crippen molar-refractivity contribution in [3.63, 3.8) is 0 Å². The van der Waals surface area contributed by atoms with E-state index in [2.05, 4.69) is 15.3 Å². The van der Waals surface area contributed by atoms with Crippen LogP contribution in [-0.2, 0) is 9.53 Å². The summed E-state index contributed by atoms with van der Waals surface area (Å²) in [6.07, 6.45) is 2.08. The smallest absolute Gasteiger partial charge is 0.414 e. The highest BCUT2D eigenvalue weighted by atomic mass is 16.6. The lowest BCUT2D eigenvalue weighted by Gasteiger charge is -2.17. The molecule has 0 radical (unpaired) electrons. The van der Waals surface area contributed by atoms with E-state index >= 15 is 0 Å². The SMILES string of the molecule is CC(=O)NCC1CN(c2cc(C)c(C(=O)c3cnc[nH]3)c(C)c2)C(=O)O1. The number of cyclic esters (lactones) is 1. The molecule has 0 saturated carbocycles. The van der Waals surface area contributed by atoms with Crippen molar-refractivity contribution in [3.05, 3.63) is 47.0 Å². The summed E-state index contributed by atoms with van der Waals surface area (Å²) < 4.78 is 5.29. The molecule has 3 rings (SSSR count). The molecular formula is C18H20N4O4. The fourth-order valence-corrected chi connectivity index (χ4v) is 3.07. The molecule has 26 heavy (non-hydrogen) atoms. The van der Waals surface area contributed by atoms with Crippen molar-refractivity contribution < 1.29 is 19.1 Å². The van der Waals surface area contributed by atoms with Gasteiger partial charge in [-0.1, -0.05) is 0 Å². The van der Waals surface area contributed by atoms with Gasteiger partial charge in [0.05, 0.1) is 25.6 Å². The second-order valence-corrected chi connectivity index (χ2v) is 6.30. The molecule has 0 bridgehead atoms. The number of ether oxygens (including phenoxy) is 1. The summed E-state index contributed by atoms with van der Waals surface area (Å²) in [6.45, 7) is 5.68. The van der Waals surface area contributed by atoms with Gasteiger partial charge in [-0.15, -0.1) is 0 Å². The first-order valence-electron chi connectivity index (χ1n) is 8.23. The van der Waals surface area contributed by atoms with Crippen molar-refractivity contribution in [2.45, 2.75) is 26.9 Å². The van der Waals surface area contributed by atoms with E-state index in [0.29, 0.717) is 23.5 Å². The van der Waals surface area contributed by atoms with Gasteiger partial charge in [0.25, 0.3) is 0 Å². The number of carbonyl (C=O) groups excluding carboxylic acids is 3. The van der Waals surface area contributed by atoms with Crippen LogP contribution in [0.1, 0.15) is 34.1 Å². The third kappa shape index (κ3) is 3.44. The third-order valence-corrected chi connectivity index (χ3v) is 4.25. The van der Waals surface area contributed by atoms with Crippen LogP contribution in [0.2, 0.25) is 0 Å². The van der Waals surface area contributed by atoms with E-state index in [1.807, 2.05) is 13.8 Å². The van der Waals surface area contributed by atoms with Gasteiger partial charge in [0.15, 0.2) is 0 Å². The first-order valence-corrected chi connectivity index (χ1v) is 8.23. The van der Waals surface area contributed by atoms with Gasteiger partial charge in [0, 0.05) is 18.2 Å². The Morgan fingerprint density at radius 3 is 2.62 bits per heavy atom. The fourth-order valence-electron chi connectivity index (χ4n) is 3.07. The highest BCUT2D eigenvalue weighted by molar-refractivity contribution is 6.10. The molecule has 1 unspecified atom stereocenters. The van der Waals surface area contributed by atoms with Gasteiger partial charge in [0.2, 0.25) is 11.7 Å². The molecule has 8 nitrogen and oxygen atoms in total. The van der Waals surface area contributed by atoms with Gasteiger partial charge in [-0.2, -0.15) is 0 Å². The number of H-pyrrole nitrogens is 1. The molecule has 1 atom stereocenters. The maximum Gasteiger partial charge on any atom is 0.414 e. The van der Waals surface area contributed by atoms with E-state index in [1.54, 1.807) is 12.1 Å². The number of hydrogen-bond donors (Lipinski definition) is 2.